The highest BCUT2D eigenvalue weighted by Gasteiger charge is 2.36. The van der Waals surface area contributed by atoms with E-state index in [0.717, 1.165) is 18.6 Å². The Morgan fingerprint density at radius 3 is 2.47 bits per heavy atom. The number of nitrogens with zero attached hydrogens (tertiary/aromatic N) is 2. The maximum atomic E-state index is 13.1. The number of pyridine rings is 2. The summed E-state index contributed by atoms with van der Waals surface area (Å²) in [5, 5.41) is 2.63. The first kappa shape index (κ1) is 24.8. The summed E-state index contributed by atoms with van der Waals surface area (Å²) in [6.07, 6.45) is -1.27. The van der Waals surface area contributed by atoms with Crippen molar-refractivity contribution < 1.29 is 37.0 Å². The molecule has 2 atom stereocenters. The summed E-state index contributed by atoms with van der Waals surface area (Å²) in [5.74, 6) is -1.10. The predicted octanol–water partition coefficient (Wildman–Crippen LogP) is 4.65. The lowest BCUT2D eigenvalue weighted by atomic mass is 10.1. The van der Waals surface area contributed by atoms with Gasteiger partial charge in [0.25, 0.3) is 11.8 Å². The summed E-state index contributed by atoms with van der Waals surface area (Å²) in [5.41, 5.74) is 6.23. The molecule has 0 unspecified atom stereocenters. The summed E-state index contributed by atoms with van der Waals surface area (Å²) >= 11 is 0. The van der Waals surface area contributed by atoms with Gasteiger partial charge in [-0.3, -0.25) is 19.6 Å². The predicted molar refractivity (Wildman–Crippen MR) is 121 cm³/mol. The largest absolute Gasteiger partial charge is 0.573 e. The third-order valence-corrected chi connectivity index (χ3v) is 5.48. The molecule has 0 aliphatic heterocycles. The Balaban J connectivity index is 1.66. The van der Waals surface area contributed by atoms with E-state index in [1.807, 2.05) is 0 Å². The molecule has 1 saturated carbocycles. The smallest absolute Gasteiger partial charge is 0.493 e. The summed E-state index contributed by atoms with van der Waals surface area (Å²) in [6.45, 7) is 2.07. The van der Waals surface area contributed by atoms with Crippen molar-refractivity contribution in [3.05, 3.63) is 65.7 Å². The average Bonchev–Trinajstić information content (AvgIpc) is 3.55. The van der Waals surface area contributed by atoms with Crippen molar-refractivity contribution in [2.24, 2.45) is 11.7 Å². The van der Waals surface area contributed by atoms with Crippen LogP contribution < -0.4 is 25.3 Å². The van der Waals surface area contributed by atoms with Gasteiger partial charge in [-0.1, -0.05) is 6.92 Å². The van der Waals surface area contributed by atoms with Crippen LogP contribution in [-0.4, -0.2) is 35.3 Å². The molecule has 0 saturated heterocycles. The van der Waals surface area contributed by atoms with E-state index in [9.17, 15) is 22.8 Å². The number of anilines is 1. The van der Waals surface area contributed by atoms with E-state index < -0.39 is 23.9 Å². The molecule has 12 heteroatoms. The zero-order valence-electron chi connectivity index (χ0n) is 19.1. The van der Waals surface area contributed by atoms with Gasteiger partial charge in [0, 0.05) is 41.8 Å². The van der Waals surface area contributed by atoms with Crippen LogP contribution in [0.4, 0.5) is 18.9 Å². The highest BCUT2D eigenvalue weighted by Crippen LogP contribution is 2.47. The van der Waals surface area contributed by atoms with Crippen molar-refractivity contribution in [3.63, 3.8) is 0 Å². The molecule has 4 rings (SSSR count). The average molecular weight is 502 g/mol. The number of carbonyl (C=O) groups is 2. The molecule has 3 aromatic rings. The Hall–Kier alpha value is -4.35. The molecular weight excluding hydrogens is 481 g/mol. The van der Waals surface area contributed by atoms with Crippen LogP contribution in [0.25, 0.3) is 0 Å². The second kappa shape index (κ2) is 9.72. The van der Waals surface area contributed by atoms with Gasteiger partial charge < -0.3 is 25.3 Å². The lowest BCUT2D eigenvalue weighted by molar-refractivity contribution is -0.274. The van der Waals surface area contributed by atoms with Crippen molar-refractivity contribution in [1.82, 2.24) is 9.97 Å². The van der Waals surface area contributed by atoms with Gasteiger partial charge in [0.05, 0.1) is 7.11 Å². The Kier molecular flexibility index (Phi) is 6.69. The molecule has 1 fully saturated rings. The molecule has 0 radical (unpaired) electrons. The molecule has 188 valence electrons. The Labute approximate surface area is 203 Å². The first-order valence-electron chi connectivity index (χ1n) is 10.7. The van der Waals surface area contributed by atoms with E-state index in [1.165, 1.54) is 37.7 Å². The van der Waals surface area contributed by atoms with Crippen LogP contribution in [0, 0.1) is 5.92 Å². The minimum Gasteiger partial charge on any atom is -0.493 e. The number of methoxy groups -OCH3 is 1. The van der Waals surface area contributed by atoms with Gasteiger partial charge in [-0.05, 0) is 36.6 Å². The zero-order valence-corrected chi connectivity index (χ0v) is 19.1. The maximum Gasteiger partial charge on any atom is 0.573 e. The summed E-state index contributed by atoms with van der Waals surface area (Å²) < 4.78 is 52.8. The number of amides is 2. The number of primary amides is 1. The summed E-state index contributed by atoms with van der Waals surface area (Å²) in [6, 6.07) is 7.74. The highest BCUT2D eigenvalue weighted by molar-refractivity contribution is 6.06. The quantitative estimate of drug-likeness (QED) is 0.459. The number of aromatic nitrogens is 2. The first-order valence-corrected chi connectivity index (χ1v) is 10.7. The minimum absolute atomic E-state index is 0.0358. The number of nitrogens with one attached hydrogen (secondary N) is 1. The van der Waals surface area contributed by atoms with Gasteiger partial charge in [0.15, 0.2) is 11.5 Å². The lowest BCUT2D eigenvalue weighted by Crippen LogP contribution is -2.17. The van der Waals surface area contributed by atoms with Crippen LogP contribution in [0.2, 0.25) is 0 Å². The topological polar surface area (TPSA) is 126 Å². The minimum atomic E-state index is -4.87. The van der Waals surface area contributed by atoms with Gasteiger partial charge in [-0.15, -0.1) is 13.2 Å². The van der Waals surface area contributed by atoms with Crippen LogP contribution >= 0.6 is 0 Å². The van der Waals surface area contributed by atoms with Crippen LogP contribution in [0.5, 0.6) is 23.0 Å². The van der Waals surface area contributed by atoms with E-state index in [4.69, 9.17) is 15.2 Å². The fraction of sp³-hybridized carbons (Fsp3) is 0.250. The third-order valence-electron chi connectivity index (χ3n) is 5.48. The maximum absolute atomic E-state index is 13.1. The second-order valence-corrected chi connectivity index (χ2v) is 8.14. The number of benzene rings is 1. The van der Waals surface area contributed by atoms with Crippen molar-refractivity contribution >= 4 is 17.5 Å². The van der Waals surface area contributed by atoms with Gasteiger partial charge in [0.1, 0.15) is 22.8 Å². The van der Waals surface area contributed by atoms with Crippen LogP contribution in [0.3, 0.4) is 0 Å². The number of alkyl halides is 3. The lowest BCUT2D eigenvalue weighted by Gasteiger charge is -2.16. The SMILES string of the molecule is COc1cc(OC(F)(F)F)ccc1Oc1cc([C@@H]2C[C@H]2C)ncc1C(=O)Nc1ccnc(C(N)=O)c1. The number of carbonyl (C=O) groups excluding carboxylic acids is 2. The Morgan fingerprint density at radius 1 is 1.08 bits per heavy atom. The van der Waals surface area contributed by atoms with Crippen LogP contribution in [-0.2, 0) is 0 Å². The molecule has 1 aromatic carbocycles. The van der Waals surface area contributed by atoms with Gasteiger partial charge >= 0.3 is 6.36 Å². The van der Waals surface area contributed by atoms with Crippen molar-refractivity contribution in [2.45, 2.75) is 25.6 Å². The molecule has 36 heavy (non-hydrogen) atoms. The van der Waals surface area contributed by atoms with E-state index in [-0.39, 0.29) is 40.1 Å². The molecule has 9 nitrogen and oxygen atoms in total. The second-order valence-electron chi connectivity index (χ2n) is 8.14. The standard InChI is InChI=1S/C24H21F3N4O5/c1-12-7-15(12)17-10-20(35-19-4-3-14(9-21(19)34-2)36-24(25,26)27)16(11-30-17)23(33)31-13-5-6-29-18(8-13)22(28)32/h3-6,8-12,15H,7H2,1-2H3,(H2,28,32)(H,29,31,33)/t12-,15-/m1/s1. The molecule has 2 amide bonds. The number of hydrogen-bond acceptors (Lipinski definition) is 7. The number of nitrogens with two attached hydrogens (primary N) is 1. The molecule has 0 bridgehead atoms. The number of hydrogen-bond donors (Lipinski definition) is 2. The van der Waals surface area contributed by atoms with Gasteiger partial charge in [-0.25, -0.2) is 0 Å². The Morgan fingerprint density at radius 2 is 1.83 bits per heavy atom. The molecule has 3 N–H and O–H groups in total. The fourth-order valence-corrected chi connectivity index (χ4v) is 3.53. The fourth-order valence-electron chi connectivity index (χ4n) is 3.53. The monoisotopic (exact) mass is 502 g/mol. The first-order chi connectivity index (χ1) is 17.0. The molecular formula is C24H21F3N4O5. The number of ether oxygens (including phenoxy) is 3. The molecule has 0 spiro atoms. The van der Waals surface area contributed by atoms with Crippen LogP contribution in [0.1, 0.15) is 45.8 Å². The van der Waals surface area contributed by atoms with Crippen molar-refractivity contribution in [3.8, 4) is 23.0 Å². The molecule has 1 aliphatic rings. The highest BCUT2D eigenvalue weighted by atomic mass is 19.4. The number of rotatable bonds is 8. The summed E-state index contributed by atoms with van der Waals surface area (Å²) in [7, 11) is 1.26. The zero-order chi connectivity index (χ0) is 26.0. The van der Waals surface area contributed by atoms with Gasteiger partial charge in [0.2, 0.25) is 0 Å². The van der Waals surface area contributed by atoms with Crippen molar-refractivity contribution in [2.75, 3.05) is 12.4 Å². The summed E-state index contributed by atoms with van der Waals surface area (Å²) in [4.78, 5) is 32.7. The molecule has 2 aromatic heterocycles. The van der Waals surface area contributed by atoms with Crippen LogP contribution in [0.15, 0.2) is 48.8 Å². The number of halogens is 3. The normalized spacial score (nSPS) is 16.7. The third kappa shape index (κ3) is 5.82. The van der Waals surface area contributed by atoms with E-state index >= 15 is 0 Å². The van der Waals surface area contributed by atoms with Crippen molar-refractivity contribution in [1.29, 1.82) is 0 Å². The molecule has 1 aliphatic carbocycles. The van der Waals surface area contributed by atoms with E-state index in [1.54, 1.807) is 6.07 Å². The molecule has 2 heterocycles. The van der Waals surface area contributed by atoms with Gasteiger partial charge in [-0.2, -0.15) is 0 Å². The van der Waals surface area contributed by atoms with E-state index in [0.29, 0.717) is 11.6 Å². The van der Waals surface area contributed by atoms with E-state index in [2.05, 4.69) is 26.9 Å². The Bertz CT molecular complexity index is 1320.